The molecule has 0 aliphatic carbocycles. The lowest BCUT2D eigenvalue weighted by Gasteiger charge is -2.11. The van der Waals surface area contributed by atoms with E-state index in [-0.39, 0.29) is 13.2 Å². The van der Waals surface area contributed by atoms with Crippen molar-refractivity contribution in [1.82, 2.24) is 9.97 Å². The van der Waals surface area contributed by atoms with Crippen LogP contribution in [-0.4, -0.2) is 35.1 Å². The number of carbonyl (C=O) groups is 2. The number of para-hydroxylation sites is 2. The lowest BCUT2D eigenvalue weighted by atomic mass is 10.0. The highest BCUT2D eigenvalue weighted by Gasteiger charge is 2.19. The molecule has 0 aliphatic heterocycles. The summed E-state index contributed by atoms with van der Waals surface area (Å²) in [4.78, 5) is 34.8. The summed E-state index contributed by atoms with van der Waals surface area (Å²) in [5.74, 6) is -0.979. The summed E-state index contributed by atoms with van der Waals surface area (Å²) in [6.07, 6.45) is 3.02. The number of hydrogen-bond donors (Lipinski definition) is 0. The van der Waals surface area contributed by atoms with Crippen molar-refractivity contribution in [1.29, 1.82) is 0 Å². The van der Waals surface area contributed by atoms with E-state index in [2.05, 4.69) is 23.1 Å². The van der Waals surface area contributed by atoms with E-state index in [9.17, 15) is 9.59 Å². The summed E-state index contributed by atoms with van der Waals surface area (Å²) in [6, 6.07) is 17.8. The van der Waals surface area contributed by atoms with Crippen LogP contribution in [0.3, 0.4) is 0 Å². The monoisotopic (exact) mass is 424 g/mol. The molecule has 0 N–H and O–H groups in total. The van der Waals surface area contributed by atoms with Gasteiger partial charge in [-0.25, -0.2) is 19.6 Å². The van der Waals surface area contributed by atoms with Crippen molar-refractivity contribution in [3.63, 3.8) is 0 Å². The Kier molecular flexibility index (Phi) is 6.03. The van der Waals surface area contributed by atoms with Gasteiger partial charge in [0.2, 0.25) is 0 Å². The summed E-state index contributed by atoms with van der Waals surface area (Å²) in [6.45, 7) is 7.35. The van der Waals surface area contributed by atoms with Gasteiger partial charge in [0.05, 0.1) is 33.5 Å². The normalized spacial score (nSPS) is 10.6. The molecule has 4 aromatic rings. The minimum atomic E-state index is -0.490. The number of fused-ring (bicyclic) bond motifs is 2. The molecule has 0 amide bonds. The number of aromatic nitrogens is 2. The molecule has 4 rings (SSSR count). The van der Waals surface area contributed by atoms with Crippen molar-refractivity contribution in [3.8, 4) is 11.4 Å². The maximum absolute atomic E-state index is 12.7. The Hall–Kier alpha value is -4.32. The predicted octanol–water partition coefficient (Wildman–Crippen LogP) is 5.14. The van der Waals surface area contributed by atoms with Crippen LogP contribution in [0.4, 0.5) is 0 Å². The standard InChI is InChI=1S/C26H20N2O4/c1-3-13-31-25(29)19-15-23(27-21-11-7-5-9-17(19)21)24-16-20(26(30)32-14-4-2)18-10-6-8-12-22(18)28-24/h3-12,15-16H,1-2,13-14H2. The van der Waals surface area contributed by atoms with E-state index >= 15 is 0 Å². The molecular weight excluding hydrogens is 404 g/mol. The number of carbonyl (C=O) groups excluding carboxylic acids is 2. The van der Waals surface area contributed by atoms with E-state index in [1.165, 1.54) is 12.2 Å². The molecule has 0 atom stereocenters. The molecule has 0 spiro atoms. The van der Waals surface area contributed by atoms with Crippen molar-refractivity contribution in [3.05, 3.63) is 97.1 Å². The van der Waals surface area contributed by atoms with Gasteiger partial charge in [-0.3, -0.25) is 0 Å². The quantitative estimate of drug-likeness (QED) is 0.302. The Morgan fingerprint density at radius 1 is 0.719 bits per heavy atom. The maximum Gasteiger partial charge on any atom is 0.339 e. The van der Waals surface area contributed by atoms with E-state index in [4.69, 9.17) is 9.47 Å². The van der Waals surface area contributed by atoms with Crippen LogP contribution in [-0.2, 0) is 9.47 Å². The van der Waals surface area contributed by atoms with Crippen molar-refractivity contribution in [2.75, 3.05) is 13.2 Å². The molecule has 0 fully saturated rings. The minimum absolute atomic E-state index is 0.0956. The van der Waals surface area contributed by atoms with Gasteiger partial charge in [0.25, 0.3) is 0 Å². The highest BCUT2D eigenvalue weighted by atomic mass is 16.5. The van der Waals surface area contributed by atoms with Gasteiger partial charge < -0.3 is 9.47 Å². The third-order valence-corrected chi connectivity index (χ3v) is 4.80. The van der Waals surface area contributed by atoms with E-state index in [1.807, 2.05) is 48.5 Å². The average molecular weight is 424 g/mol. The van der Waals surface area contributed by atoms with Gasteiger partial charge in [0.15, 0.2) is 0 Å². The smallest absolute Gasteiger partial charge is 0.339 e. The number of pyridine rings is 2. The second kappa shape index (κ2) is 9.22. The van der Waals surface area contributed by atoms with Gasteiger partial charge in [-0.1, -0.05) is 61.7 Å². The first-order valence-electron chi connectivity index (χ1n) is 9.98. The molecule has 0 radical (unpaired) electrons. The van der Waals surface area contributed by atoms with E-state index < -0.39 is 11.9 Å². The Morgan fingerprint density at radius 2 is 1.12 bits per heavy atom. The summed E-state index contributed by atoms with van der Waals surface area (Å²) in [7, 11) is 0. The van der Waals surface area contributed by atoms with E-state index in [0.717, 1.165) is 0 Å². The maximum atomic E-state index is 12.7. The summed E-state index contributed by atoms with van der Waals surface area (Å²) < 4.78 is 10.5. The van der Waals surface area contributed by atoms with E-state index in [0.29, 0.717) is 44.3 Å². The fraction of sp³-hybridized carbons (Fsp3) is 0.0769. The number of hydrogen-bond acceptors (Lipinski definition) is 6. The number of nitrogens with zero attached hydrogens (tertiary/aromatic N) is 2. The number of ether oxygens (including phenoxy) is 2. The lowest BCUT2D eigenvalue weighted by Crippen LogP contribution is -2.08. The Bertz CT molecular complexity index is 1260. The second-order valence-corrected chi connectivity index (χ2v) is 6.92. The highest BCUT2D eigenvalue weighted by molar-refractivity contribution is 6.06. The van der Waals surface area contributed by atoms with Crippen LogP contribution < -0.4 is 0 Å². The van der Waals surface area contributed by atoms with Gasteiger partial charge >= 0.3 is 11.9 Å². The zero-order valence-corrected chi connectivity index (χ0v) is 17.3. The highest BCUT2D eigenvalue weighted by Crippen LogP contribution is 2.28. The van der Waals surface area contributed by atoms with Crippen LogP contribution in [0.5, 0.6) is 0 Å². The Labute approximate surface area is 184 Å². The molecule has 32 heavy (non-hydrogen) atoms. The van der Waals surface area contributed by atoms with Crippen molar-refractivity contribution in [2.45, 2.75) is 0 Å². The Morgan fingerprint density at radius 3 is 1.53 bits per heavy atom. The molecule has 2 heterocycles. The fourth-order valence-corrected chi connectivity index (χ4v) is 3.38. The molecule has 0 bridgehead atoms. The molecule has 2 aromatic carbocycles. The van der Waals surface area contributed by atoms with Crippen molar-refractivity contribution < 1.29 is 19.1 Å². The molecule has 0 saturated heterocycles. The number of esters is 2. The van der Waals surface area contributed by atoms with Crippen LogP contribution >= 0.6 is 0 Å². The van der Waals surface area contributed by atoms with E-state index in [1.54, 1.807) is 12.1 Å². The van der Waals surface area contributed by atoms with Crippen LogP contribution in [0.15, 0.2) is 86.0 Å². The predicted molar refractivity (Wildman–Crippen MR) is 123 cm³/mol. The van der Waals surface area contributed by atoms with Gasteiger partial charge in [-0.2, -0.15) is 0 Å². The molecular formula is C26H20N2O4. The first-order chi connectivity index (χ1) is 15.6. The molecule has 158 valence electrons. The molecule has 0 saturated carbocycles. The third-order valence-electron chi connectivity index (χ3n) is 4.80. The molecule has 2 aromatic heterocycles. The first kappa shape index (κ1) is 20.9. The van der Waals surface area contributed by atoms with Crippen molar-refractivity contribution >= 4 is 33.7 Å². The largest absolute Gasteiger partial charge is 0.458 e. The van der Waals surface area contributed by atoms with Gasteiger partial charge in [-0.05, 0) is 24.3 Å². The van der Waals surface area contributed by atoms with Crippen LogP contribution in [0.1, 0.15) is 20.7 Å². The number of benzene rings is 2. The van der Waals surface area contributed by atoms with Gasteiger partial charge in [0.1, 0.15) is 13.2 Å². The van der Waals surface area contributed by atoms with Gasteiger partial charge in [0, 0.05) is 10.8 Å². The third kappa shape index (κ3) is 4.11. The zero-order valence-electron chi connectivity index (χ0n) is 17.3. The SMILES string of the molecule is C=CCOC(=O)c1cc(-c2cc(C(=O)OCC=C)c3ccccc3n2)nc2ccccc12. The summed E-state index contributed by atoms with van der Waals surface area (Å²) in [5.41, 5.74) is 2.83. The average Bonchev–Trinajstić information content (AvgIpc) is 2.84. The zero-order chi connectivity index (χ0) is 22.5. The molecule has 6 heteroatoms. The molecule has 0 aliphatic rings. The minimum Gasteiger partial charge on any atom is -0.458 e. The summed E-state index contributed by atoms with van der Waals surface area (Å²) in [5, 5.41) is 1.33. The van der Waals surface area contributed by atoms with Crippen molar-refractivity contribution in [2.24, 2.45) is 0 Å². The Balaban J connectivity index is 1.91. The van der Waals surface area contributed by atoms with Gasteiger partial charge in [-0.15, -0.1) is 0 Å². The molecule has 0 unspecified atom stereocenters. The lowest BCUT2D eigenvalue weighted by molar-refractivity contribution is 0.0542. The summed E-state index contributed by atoms with van der Waals surface area (Å²) >= 11 is 0. The first-order valence-corrected chi connectivity index (χ1v) is 9.98. The number of rotatable bonds is 7. The van der Waals surface area contributed by atoms with Crippen LogP contribution in [0, 0.1) is 0 Å². The topological polar surface area (TPSA) is 78.4 Å². The molecule has 6 nitrogen and oxygen atoms in total. The fourth-order valence-electron chi connectivity index (χ4n) is 3.38. The van der Waals surface area contributed by atoms with Crippen LogP contribution in [0.2, 0.25) is 0 Å². The van der Waals surface area contributed by atoms with Crippen LogP contribution in [0.25, 0.3) is 33.2 Å². The second-order valence-electron chi connectivity index (χ2n) is 6.92.